The Morgan fingerprint density at radius 2 is 1.84 bits per heavy atom. The lowest BCUT2D eigenvalue weighted by Crippen LogP contribution is -2.28. The average molecular weight is 419 g/mol. The Bertz CT molecular complexity index is 1060. The molecule has 3 N–H and O–H groups in total. The molecule has 0 radical (unpaired) electrons. The van der Waals surface area contributed by atoms with Crippen LogP contribution in [-0.2, 0) is 9.59 Å². The van der Waals surface area contributed by atoms with Crippen LogP contribution in [0.15, 0.2) is 54.6 Å². The van der Waals surface area contributed by atoms with E-state index in [1.54, 1.807) is 0 Å². The van der Waals surface area contributed by atoms with E-state index >= 15 is 0 Å². The quantitative estimate of drug-likeness (QED) is 0.535. The maximum absolute atomic E-state index is 12.2. The first-order valence-electron chi connectivity index (χ1n) is 10.4. The summed E-state index contributed by atoms with van der Waals surface area (Å²) in [4.78, 5) is 27.3. The normalized spacial score (nSPS) is 17.5. The van der Waals surface area contributed by atoms with Crippen LogP contribution in [0.25, 0.3) is 0 Å². The van der Waals surface area contributed by atoms with Gasteiger partial charge in [-0.15, -0.1) is 5.10 Å². The second-order valence-electron chi connectivity index (χ2n) is 7.77. The highest BCUT2D eigenvalue weighted by atomic mass is 16.4. The van der Waals surface area contributed by atoms with Crippen molar-refractivity contribution >= 4 is 23.8 Å². The standard InChI is InChI=1S/C23H25N5O3/c1-15-10-12-16(13-11-15)18-14-19(17-6-3-2-4-7-17)28-23(24-18)26-22(27-28)25-20(29)8-5-9-21(30)31/h2-4,6-7,10-13,18-19H,5,8-9,14H2,1H3,(H,30,31)(H2,24,25,26,27,29)/t18-,19-/m0/s1. The van der Waals surface area contributed by atoms with Crippen LogP contribution in [-0.4, -0.2) is 31.7 Å². The van der Waals surface area contributed by atoms with E-state index in [4.69, 9.17) is 5.11 Å². The van der Waals surface area contributed by atoms with Gasteiger partial charge in [-0.05, 0) is 30.9 Å². The fraction of sp³-hybridized carbons (Fsp3) is 0.304. The molecule has 160 valence electrons. The largest absolute Gasteiger partial charge is 0.481 e. The first kappa shape index (κ1) is 20.6. The van der Waals surface area contributed by atoms with Gasteiger partial charge in [0, 0.05) is 12.8 Å². The zero-order valence-corrected chi connectivity index (χ0v) is 17.3. The smallest absolute Gasteiger partial charge is 0.303 e. The minimum Gasteiger partial charge on any atom is -0.481 e. The summed E-state index contributed by atoms with van der Waals surface area (Å²) in [5.74, 6) is -0.407. The fourth-order valence-electron chi connectivity index (χ4n) is 3.79. The first-order chi connectivity index (χ1) is 15.0. The number of nitrogens with one attached hydrogen (secondary N) is 2. The molecular weight excluding hydrogens is 394 g/mol. The van der Waals surface area contributed by atoms with Crippen molar-refractivity contribution in [2.24, 2.45) is 0 Å². The van der Waals surface area contributed by atoms with Crippen LogP contribution < -0.4 is 10.6 Å². The van der Waals surface area contributed by atoms with Crippen molar-refractivity contribution in [3.8, 4) is 0 Å². The lowest BCUT2D eigenvalue weighted by Gasteiger charge is -2.31. The third kappa shape index (κ3) is 4.91. The zero-order chi connectivity index (χ0) is 21.8. The number of aromatic nitrogens is 3. The lowest BCUT2D eigenvalue weighted by molar-refractivity contribution is -0.137. The topological polar surface area (TPSA) is 109 Å². The van der Waals surface area contributed by atoms with Gasteiger partial charge in [-0.2, -0.15) is 4.98 Å². The van der Waals surface area contributed by atoms with Gasteiger partial charge in [0.05, 0.1) is 12.1 Å². The van der Waals surface area contributed by atoms with Crippen molar-refractivity contribution in [2.75, 3.05) is 10.6 Å². The minimum absolute atomic E-state index is 0.0334. The van der Waals surface area contributed by atoms with Gasteiger partial charge in [0.15, 0.2) is 0 Å². The van der Waals surface area contributed by atoms with E-state index in [1.807, 2.05) is 22.9 Å². The molecule has 4 rings (SSSR count). The molecule has 2 aromatic carbocycles. The summed E-state index contributed by atoms with van der Waals surface area (Å²) >= 11 is 0. The number of nitrogens with zero attached hydrogens (tertiary/aromatic N) is 3. The van der Waals surface area contributed by atoms with Crippen LogP contribution >= 0.6 is 0 Å². The number of benzene rings is 2. The van der Waals surface area contributed by atoms with E-state index in [9.17, 15) is 9.59 Å². The Morgan fingerprint density at radius 3 is 2.55 bits per heavy atom. The number of carbonyl (C=O) groups is 2. The summed E-state index contributed by atoms with van der Waals surface area (Å²) in [6.45, 7) is 2.06. The molecule has 2 atom stereocenters. The molecule has 1 aromatic heterocycles. The Kier molecular flexibility index (Phi) is 5.97. The van der Waals surface area contributed by atoms with Crippen molar-refractivity contribution in [3.63, 3.8) is 0 Å². The number of aryl methyl sites for hydroxylation is 1. The second-order valence-corrected chi connectivity index (χ2v) is 7.77. The van der Waals surface area contributed by atoms with Crippen LogP contribution in [0, 0.1) is 6.92 Å². The van der Waals surface area contributed by atoms with Crippen molar-refractivity contribution in [1.29, 1.82) is 0 Å². The van der Waals surface area contributed by atoms with Crippen LogP contribution in [0.4, 0.5) is 11.9 Å². The van der Waals surface area contributed by atoms with Gasteiger partial charge >= 0.3 is 5.97 Å². The third-order valence-corrected chi connectivity index (χ3v) is 5.40. The van der Waals surface area contributed by atoms with Crippen LogP contribution in [0.2, 0.25) is 0 Å². The number of carbonyl (C=O) groups excluding carboxylic acids is 1. The van der Waals surface area contributed by atoms with Crippen LogP contribution in [0.5, 0.6) is 0 Å². The highest BCUT2D eigenvalue weighted by Crippen LogP contribution is 2.38. The van der Waals surface area contributed by atoms with E-state index in [0.29, 0.717) is 5.95 Å². The molecule has 1 aliphatic rings. The number of anilines is 2. The first-order valence-corrected chi connectivity index (χ1v) is 10.4. The molecule has 0 bridgehead atoms. The molecule has 2 heterocycles. The molecule has 0 saturated heterocycles. The van der Waals surface area contributed by atoms with Crippen molar-refractivity contribution in [3.05, 3.63) is 71.3 Å². The Labute approximate surface area is 180 Å². The maximum atomic E-state index is 12.2. The van der Waals surface area contributed by atoms with E-state index in [0.717, 1.165) is 12.0 Å². The molecule has 1 aliphatic heterocycles. The zero-order valence-electron chi connectivity index (χ0n) is 17.3. The molecule has 0 unspecified atom stereocenters. The molecule has 0 saturated carbocycles. The molecule has 8 heteroatoms. The highest BCUT2D eigenvalue weighted by molar-refractivity contribution is 5.89. The number of rotatable bonds is 7. The predicted octanol–water partition coefficient (Wildman–Crippen LogP) is 3.93. The van der Waals surface area contributed by atoms with Gasteiger partial charge in [-0.25, -0.2) is 4.68 Å². The number of carboxylic acids is 1. The molecule has 0 fully saturated rings. The summed E-state index contributed by atoms with van der Waals surface area (Å²) in [5, 5.41) is 19.4. The molecule has 31 heavy (non-hydrogen) atoms. The number of hydrogen-bond donors (Lipinski definition) is 3. The van der Waals surface area contributed by atoms with Crippen molar-refractivity contribution < 1.29 is 14.7 Å². The van der Waals surface area contributed by atoms with E-state index in [2.05, 4.69) is 64.0 Å². The minimum atomic E-state index is -0.916. The van der Waals surface area contributed by atoms with Gasteiger partial charge in [0.2, 0.25) is 11.9 Å². The maximum Gasteiger partial charge on any atom is 0.303 e. The predicted molar refractivity (Wildman–Crippen MR) is 117 cm³/mol. The van der Waals surface area contributed by atoms with E-state index in [-0.39, 0.29) is 43.2 Å². The second kappa shape index (κ2) is 8.99. The van der Waals surface area contributed by atoms with Crippen molar-refractivity contribution in [1.82, 2.24) is 14.8 Å². The lowest BCUT2D eigenvalue weighted by atomic mass is 9.93. The molecule has 1 amide bonds. The molecule has 0 aliphatic carbocycles. The molecule has 0 spiro atoms. The van der Waals surface area contributed by atoms with Crippen molar-refractivity contribution in [2.45, 2.75) is 44.7 Å². The summed E-state index contributed by atoms with van der Waals surface area (Å²) in [6.07, 6.45) is 1.12. The number of hydrogen-bond acceptors (Lipinski definition) is 5. The number of amides is 1. The summed E-state index contributed by atoms with van der Waals surface area (Å²) < 4.78 is 1.81. The number of fused-ring (bicyclic) bond motifs is 1. The molecule has 8 nitrogen and oxygen atoms in total. The number of aliphatic carboxylic acids is 1. The van der Waals surface area contributed by atoms with Crippen LogP contribution in [0.1, 0.15) is 54.5 Å². The van der Waals surface area contributed by atoms with Gasteiger partial charge in [-0.1, -0.05) is 60.2 Å². The highest BCUT2D eigenvalue weighted by Gasteiger charge is 2.31. The Morgan fingerprint density at radius 1 is 1.10 bits per heavy atom. The third-order valence-electron chi connectivity index (χ3n) is 5.40. The van der Waals surface area contributed by atoms with Gasteiger partial charge < -0.3 is 10.4 Å². The number of carboxylic acid groups (broad SMARTS) is 1. The average Bonchev–Trinajstić information content (AvgIpc) is 3.16. The van der Waals surface area contributed by atoms with Gasteiger partial charge in [-0.3, -0.25) is 14.9 Å². The molecule has 3 aromatic rings. The molecular formula is C23H25N5O3. The van der Waals surface area contributed by atoms with Gasteiger partial charge in [0.1, 0.15) is 0 Å². The SMILES string of the molecule is Cc1ccc([C@@H]2C[C@@H](c3ccccc3)n3nc(NC(=O)CCCC(=O)O)nc3N2)cc1. The van der Waals surface area contributed by atoms with E-state index in [1.165, 1.54) is 11.1 Å². The van der Waals surface area contributed by atoms with Crippen LogP contribution in [0.3, 0.4) is 0 Å². The summed E-state index contributed by atoms with van der Waals surface area (Å²) in [5.41, 5.74) is 3.49. The summed E-state index contributed by atoms with van der Waals surface area (Å²) in [6, 6.07) is 18.6. The summed E-state index contributed by atoms with van der Waals surface area (Å²) in [7, 11) is 0. The monoisotopic (exact) mass is 419 g/mol. The van der Waals surface area contributed by atoms with E-state index < -0.39 is 5.97 Å². The Balaban J connectivity index is 1.58. The Hall–Kier alpha value is -3.68. The van der Waals surface area contributed by atoms with Gasteiger partial charge in [0.25, 0.3) is 5.95 Å². The fourth-order valence-corrected chi connectivity index (χ4v) is 3.79.